The molecule has 1 N–H and O–H groups in total. The van der Waals surface area contributed by atoms with E-state index in [9.17, 15) is 19.2 Å². The van der Waals surface area contributed by atoms with E-state index in [-0.39, 0.29) is 24.5 Å². The second-order valence-corrected chi connectivity index (χ2v) is 7.98. The first kappa shape index (κ1) is 25.5. The number of para-hydroxylation sites is 1. The third-order valence-corrected chi connectivity index (χ3v) is 5.69. The lowest BCUT2D eigenvalue weighted by molar-refractivity contribution is -0.150. The molecule has 0 aromatic heterocycles. The second-order valence-electron chi connectivity index (χ2n) is 7.98. The molecule has 186 valence electrons. The number of hydrazine groups is 1. The number of anilines is 1. The van der Waals surface area contributed by atoms with E-state index in [1.54, 1.807) is 43.3 Å². The highest BCUT2D eigenvalue weighted by Crippen LogP contribution is 2.36. The average molecular weight is 484 g/mol. The first-order valence-electron chi connectivity index (χ1n) is 11.2. The van der Waals surface area contributed by atoms with Crippen LogP contribution >= 0.6 is 0 Å². The lowest BCUT2D eigenvalue weighted by Crippen LogP contribution is -2.57. The Bertz CT molecular complexity index is 1090. The van der Waals surface area contributed by atoms with E-state index < -0.39 is 35.6 Å². The van der Waals surface area contributed by atoms with E-state index in [2.05, 4.69) is 5.43 Å². The summed E-state index contributed by atoms with van der Waals surface area (Å²) in [6.45, 7) is 3.13. The largest absolute Gasteiger partial charge is 0.497 e. The predicted octanol–water partition coefficient (Wildman–Crippen LogP) is 2.32. The number of carbonyl (C=O) groups is 4. The molecule has 1 aliphatic heterocycles. The molecule has 0 radical (unpaired) electrons. The number of hydrogen-bond acceptors (Lipinski definition) is 7. The summed E-state index contributed by atoms with van der Waals surface area (Å²) in [5, 5.41) is 0.959. The lowest BCUT2D eigenvalue weighted by Gasteiger charge is -2.30. The van der Waals surface area contributed by atoms with Gasteiger partial charge in [0, 0.05) is 12.0 Å². The Morgan fingerprint density at radius 1 is 1.09 bits per heavy atom. The molecule has 1 fully saturated rings. The Balaban J connectivity index is 1.84. The van der Waals surface area contributed by atoms with E-state index in [1.807, 2.05) is 13.0 Å². The normalized spacial score (nSPS) is 16.0. The first-order valence-corrected chi connectivity index (χ1v) is 11.2. The van der Waals surface area contributed by atoms with Crippen LogP contribution in [0.4, 0.5) is 5.69 Å². The van der Waals surface area contributed by atoms with Gasteiger partial charge >= 0.3 is 0 Å². The molecule has 2 atom stereocenters. The van der Waals surface area contributed by atoms with E-state index in [0.717, 1.165) is 9.91 Å². The molecule has 1 heterocycles. The third kappa shape index (κ3) is 5.71. The Morgan fingerprint density at radius 3 is 2.43 bits per heavy atom. The standard InChI is InChI=1S/C25H29N3O7/c1-5-16(2)24(31)28(26-22(29)15-35-17-9-7-6-8-10-17)20-14-23(30)27(25(20)32)19-12-11-18(33-3)13-21(19)34-4/h6-13,16,20H,5,14-15H2,1-4H3,(H,26,29). The van der Waals surface area contributed by atoms with Crippen molar-refractivity contribution < 1.29 is 33.4 Å². The highest BCUT2D eigenvalue weighted by Gasteiger charge is 2.46. The van der Waals surface area contributed by atoms with Crippen LogP contribution in [-0.4, -0.2) is 55.5 Å². The number of amides is 4. The molecular weight excluding hydrogens is 454 g/mol. The number of benzene rings is 2. The maximum Gasteiger partial charge on any atom is 0.276 e. The molecular formula is C25H29N3O7. The number of carbonyl (C=O) groups excluding carboxylic acids is 4. The molecule has 3 rings (SSSR count). The van der Waals surface area contributed by atoms with Gasteiger partial charge in [0.2, 0.25) is 11.8 Å². The fourth-order valence-corrected chi connectivity index (χ4v) is 3.57. The minimum absolute atomic E-state index is 0.223. The van der Waals surface area contributed by atoms with Gasteiger partial charge in [-0.2, -0.15) is 0 Å². The van der Waals surface area contributed by atoms with Gasteiger partial charge in [-0.1, -0.05) is 32.0 Å². The van der Waals surface area contributed by atoms with Crippen molar-refractivity contribution in [1.29, 1.82) is 0 Å². The molecule has 0 bridgehead atoms. The fraction of sp³-hybridized carbons (Fsp3) is 0.360. The van der Waals surface area contributed by atoms with Crippen molar-refractivity contribution in [3.63, 3.8) is 0 Å². The summed E-state index contributed by atoms with van der Waals surface area (Å²) in [5.41, 5.74) is 2.71. The van der Waals surface area contributed by atoms with Crippen LogP contribution in [0.15, 0.2) is 48.5 Å². The maximum atomic E-state index is 13.4. The number of imide groups is 1. The van der Waals surface area contributed by atoms with Crippen LogP contribution in [0.25, 0.3) is 0 Å². The van der Waals surface area contributed by atoms with Crippen molar-refractivity contribution >= 4 is 29.3 Å². The molecule has 0 saturated carbocycles. The predicted molar refractivity (Wildman–Crippen MR) is 127 cm³/mol. The van der Waals surface area contributed by atoms with Crippen LogP contribution in [0, 0.1) is 5.92 Å². The first-order chi connectivity index (χ1) is 16.8. The lowest BCUT2D eigenvalue weighted by atomic mass is 10.1. The summed E-state index contributed by atoms with van der Waals surface area (Å²) in [5.74, 6) is -1.56. The zero-order chi connectivity index (χ0) is 25.5. The van der Waals surface area contributed by atoms with Crippen LogP contribution in [0.2, 0.25) is 0 Å². The number of rotatable bonds is 9. The van der Waals surface area contributed by atoms with Gasteiger partial charge in [-0.25, -0.2) is 9.91 Å². The quantitative estimate of drug-likeness (QED) is 0.430. The van der Waals surface area contributed by atoms with Crippen LogP contribution in [0.3, 0.4) is 0 Å². The average Bonchev–Trinajstić information content (AvgIpc) is 3.18. The van der Waals surface area contributed by atoms with Gasteiger partial charge in [0.1, 0.15) is 23.3 Å². The zero-order valence-corrected chi connectivity index (χ0v) is 20.1. The molecule has 35 heavy (non-hydrogen) atoms. The Morgan fingerprint density at radius 2 is 1.80 bits per heavy atom. The Hall–Kier alpha value is -4.08. The molecule has 2 unspecified atom stereocenters. The molecule has 10 nitrogen and oxygen atoms in total. The SMILES string of the molecule is CCC(C)C(=O)N(NC(=O)COc1ccccc1)C1CC(=O)N(c2ccc(OC)cc2OC)C1=O. The van der Waals surface area contributed by atoms with Crippen molar-refractivity contribution in [2.75, 3.05) is 25.7 Å². The van der Waals surface area contributed by atoms with E-state index in [0.29, 0.717) is 17.9 Å². The highest BCUT2D eigenvalue weighted by molar-refractivity contribution is 6.23. The summed E-state index contributed by atoms with van der Waals surface area (Å²) in [4.78, 5) is 53.0. The minimum atomic E-state index is -1.21. The van der Waals surface area contributed by atoms with E-state index in [4.69, 9.17) is 14.2 Å². The third-order valence-electron chi connectivity index (χ3n) is 5.69. The molecule has 0 aliphatic carbocycles. The van der Waals surface area contributed by atoms with Gasteiger partial charge in [-0.15, -0.1) is 0 Å². The number of nitrogens with one attached hydrogen (secondary N) is 1. The molecule has 10 heteroatoms. The highest BCUT2D eigenvalue weighted by atomic mass is 16.5. The van der Waals surface area contributed by atoms with Crippen molar-refractivity contribution in [2.24, 2.45) is 5.92 Å². The molecule has 0 spiro atoms. The van der Waals surface area contributed by atoms with Crippen LogP contribution in [0.5, 0.6) is 17.2 Å². The van der Waals surface area contributed by atoms with Crippen molar-refractivity contribution in [3.05, 3.63) is 48.5 Å². The van der Waals surface area contributed by atoms with Gasteiger partial charge in [-0.3, -0.25) is 24.6 Å². The minimum Gasteiger partial charge on any atom is -0.497 e. The van der Waals surface area contributed by atoms with Crippen molar-refractivity contribution in [2.45, 2.75) is 32.7 Å². The van der Waals surface area contributed by atoms with Crippen LogP contribution in [-0.2, 0) is 19.2 Å². The summed E-state index contributed by atoms with van der Waals surface area (Å²) >= 11 is 0. The molecule has 1 aliphatic rings. The molecule has 2 aromatic rings. The van der Waals surface area contributed by atoms with Gasteiger partial charge in [0.25, 0.3) is 11.8 Å². The van der Waals surface area contributed by atoms with Gasteiger partial charge in [-0.05, 0) is 30.7 Å². The van der Waals surface area contributed by atoms with Gasteiger partial charge in [0.05, 0.1) is 26.3 Å². The van der Waals surface area contributed by atoms with Gasteiger partial charge < -0.3 is 14.2 Å². The van der Waals surface area contributed by atoms with Crippen LogP contribution in [0.1, 0.15) is 26.7 Å². The zero-order valence-electron chi connectivity index (χ0n) is 20.1. The van der Waals surface area contributed by atoms with Crippen molar-refractivity contribution in [1.82, 2.24) is 10.4 Å². The number of hydrogen-bond donors (Lipinski definition) is 1. The second kappa shape index (κ2) is 11.4. The monoisotopic (exact) mass is 483 g/mol. The summed E-state index contributed by atoms with van der Waals surface area (Å²) in [6, 6.07) is 12.2. The summed E-state index contributed by atoms with van der Waals surface area (Å²) < 4.78 is 16.0. The van der Waals surface area contributed by atoms with Crippen LogP contribution < -0.4 is 24.5 Å². The molecule has 2 aromatic carbocycles. The summed E-state index contributed by atoms with van der Waals surface area (Å²) in [6.07, 6.45) is 0.187. The van der Waals surface area contributed by atoms with Gasteiger partial charge in [0.15, 0.2) is 6.61 Å². The van der Waals surface area contributed by atoms with Crippen molar-refractivity contribution in [3.8, 4) is 17.2 Å². The topological polar surface area (TPSA) is 114 Å². The molecule has 4 amide bonds. The number of methoxy groups -OCH3 is 2. The summed E-state index contributed by atoms with van der Waals surface area (Å²) in [7, 11) is 2.89. The van der Waals surface area contributed by atoms with E-state index in [1.165, 1.54) is 20.3 Å². The van der Waals surface area contributed by atoms with E-state index >= 15 is 0 Å². The number of nitrogens with zero attached hydrogens (tertiary/aromatic N) is 2. The Kier molecular flexibility index (Phi) is 8.30. The Labute approximate surface area is 203 Å². The fourth-order valence-electron chi connectivity index (χ4n) is 3.57. The maximum absolute atomic E-state index is 13.4. The smallest absolute Gasteiger partial charge is 0.276 e. The molecule has 1 saturated heterocycles. The number of ether oxygens (including phenoxy) is 3.